The van der Waals surface area contributed by atoms with Gasteiger partial charge in [0.05, 0.1) is 16.9 Å². The molecule has 1 aromatic carbocycles. The van der Waals surface area contributed by atoms with Gasteiger partial charge in [-0.3, -0.25) is 19.3 Å². The van der Waals surface area contributed by atoms with E-state index in [-0.39, 0.29) is 23.8 Å². The zero-order valence-electron chi connectivity index (χ0n) is 13.7. The molecule has 26 heavy (non-hydrogen) atoms. The second-order valence-electron chi connectivity index (χ2n) is 6.24. The van der Waals surface area contributed by atoms with Crippen LogP contribution in [0.15, 0.2) is 59.4 Å². The normalized spacial score (nSPS) is 22.6. The summed E-state index contributed by atoms with van der Waals surface area (Å²) in [6, 6.07) is 8.81. The molecule has 1 aliphatic carbocycles. The molecule has 134 valence electrons. The number of aliphatic carboxylic acids is 1. The van der Waals surface area contributed by atoms with Gasteiger partial charge in [-0.2, -0.15) is 0 Å². The van der Waals surface area contributed by atoms with Crippen LogP contribution in [-0.4, -0.2) is 39.4 Å². The van der Waals surface area contributed by atoms with Crippen molar-refractivity contribution in [2.45, 2.75) is 12.8 Å². The van der Waals surface area contributed by atoms with Gasteiger partial charge in [0, 0.05) is 24.6 Å². The Balaban J connectivity index is 2.12. The fourth-order valence-corrected chi connectivity index (χ4v) is 3.47. The van der Waals surface area contributed by atoms with E-state index in [1.54, 1.807) is 30.3 Å². The molecule has 0 saturated carbocycles. The lowest BCUT2D eigenvalue weighted by Crippen LogP contribution is -2.46. The van der Waals surface area contributed by atoms with Crippen LogP contribution in [0.2, 0.25) is 0 Å². The number of hydrogen-bond donors (Lipinski definition) is 2. The Morgan fingerprint density at radius 2 is 1.92 bits per heavy atom. The topological polar surface area (TPSA) is 94.9 Å². The number of halogens is 1. The average Bonchev–Trinajstić information content (AvgIpc) is 3.03. The highest BCUT2D eigenvalue weighted by Crippen LogP contribution is 2.45. The maximum Gasteiger partial charge on any atom is 0.304 e. The number of carbonyl (C=O) groups is 3. The maximum atomic E-state index is 13.1. The molecule has 2 amide bonds. The maximum absolute atomic E-state index is 13.1. The van der Waals surface area contributed by atoms with E-state index in [0.29, 0.717) is 11.1 Å². The molecule has 0 radical (unpaired) electrons. The molecular weight excluding hydrogens is 358 g/mol. The molecule has 0 spiro atoms. The molecule has 1 atom stereocenters. The van der Waals surface area contributed by atoms with Crippen LogP contribution < -0.4 is 0 Å². The first-order valence-corrected chi connectivity index (χ1v) is 8.32. The second-order valence-corrected chi connectivity index (χ2v) is 6.62. The van der Waals surface area contributed by atoms with E-state index < -0.39 is 29.6 Å². The number of aliphatic hydroxyl groups excluding tert-OH is 1. The Hall–Kier alpha value is -2.86. The lowest BCUT2D eigenvalue weighted by Gasteiger charge is -2.35. The van der Waals surface area contributed by atoms with Crippen molar-refractivity contribution in [2.24, 2.45) is 5.41 Å². The Morgan fingerprint density at radius 3 is 2.50 bits per heavy atom. The molecule has 6 nitrogen and oxygen atoms in total. The molecule has 0 saturated heterocycles. The van der Waals surface area contributed by atoms with Crippen LogP contribution in [0, 0.1) is 5.41 Å². The first-order valence-electron chi connectivity index (χ1n) is 7.94. The van der Waals surface area contributed by atoms with E-state index in [1.807, 2.05) is 0 Å². The van der Waals surface area contributed by atoms with Gasteiger partial charge in [-0.25, -0.2) is 0 Å². The number of rotatable bonds is 4. The molecule has 7 heteroatoms. The SMILES string of the molecule is O=C(O)CC1(C(=O)N2CC=CC2=O)C=C(c2ccccc2)C(Cl)=C(O)C1. The zero-order chi connectivity index (χ0) is 18.9. The third-order valence-corrected chi connectivity index (χ3v) is 4.85. The largest absolute Gasteiger partial charge is 0.511 e. The molecule has 1 heterocycles. The minimum Gasteiger partial charge on any atom is -0.511 e. The molecule has 2 N–H and O–H groups in total. The van der Waals surface area contributed by atoms with E-state index in [4.69, 9.17) is 11.6 Å². The number of aliphatic hydroxyl groups is 1. The molecule has 0 fully saturated rings. The standard InChI is InChI=1S/C19H16ClNO5/c20-17-13(12-5-2-1-3-6-12)9-19(10-14(17)22,11-16(24)25)18(26)21-8-4-7-15(21)23/h1-7,9,22H,8,10-11H2,(H,24,25). The van der Waals surface area contributed by atoms with Gasteiger partial charge in [0.15, 0.2) is 0 Å². The van der Waals surface area contributed by atoms with Crippen molar-refractivity contribution in [3.05, 3.63) is 64.9 Å². The van der Waals surface area contributed by atoms with Gasteiger partial charge in [-0.1, -0.05) is 54.1 Å². The fourth-order valence-electron chi connectivity index (χ4n) is 3.24. The van der Waals surface area contributed by atoms with Crippen LogP contribution in [0.25, 0.3) is 5.57 Å². The predicted octanol–water partition coefficient (Wildman–Crippen LogP) is 2.87. The van der Waals surface area contributed by atoms with Crippen molar-refractivity contribution in [3.8, 4) is 0 Å². The number of carboxylic acids is 1. The van der Waals surface area contributed by atoms with Crippen molar-refractivity contribution >= 4 is 35.0 Å². The Morgan fingerprint density at radius 1 is 1.23 bits per heavy atom. The smallest absolute Gasteiger partial charge is 0.304 e. The monoisotopic (exact) mass is 373 g/mol. The summed E-state index contributed by atoms with van der Waals surface area (Å²) in [4.78, 5) is 37.5. The molecule has 3 rings (SSSR count). The van der Waals surface area contributed by atoms with Gasteiger partial charge in [-0.15, -0.1) is 0 Å². The van der Waals surface area contributed by atoms with Gasteiger partial charge in [-0.05, 0) is 5.56 Å². The number of hydrogen-bond acceptors (Lipinski definition) is 4. The van der Waals surface area contributed by atoms with Gasteiger partial charge in [0.25, 0.3) is 5.91 Å². The molecule has 0 aromatic heterocycles. The fraction of sp³-hybridized carbons (Fsp3) is 0.211. The van der Waals surface area contributed by atoms with Gasteiger partial charge in [0.2, 0.25) is 5.91 Å². The summed E-state index contributed by atoms with van der Waals surface area (Å²) in [5.74, 6) is -2.66. The Kier molecular flexibility index (Phi) is 4.70. The van der Waals surface area contributed by atoms with Crippen molar-refractivity contribution in [1.29, 1.82) is 0 Å². The lowest BCUT2D eigenvalue weighted by atomic mass is 9.73. The lowest BCUT2D eigenvalue weighted by molar-refractivity contribution is -0.152. The number of imide groups is 1. The first kappa shape index (κ1) is 17.9. The number of allylic oxidation sites excluding steroid dienone is 3. The van der Waals surface area contributed by atoms with Crippen LogP contribution in [0.1, 0.15) is 18.4 Å². The van der Waals surface area contributed by atoms with Crippen molar-refractivity contribution in [2.75, 3.05) is 6.54 Å². The van der Waals surface area contributed by atoms with Crippen LogP contribution in [0.4, 0.5) is 0 Å². The molecule has 1 unspecified atom stereocenters. The second kappa shape index (κ2) is 6.80. The number of amides is 2. The first-order chi connectivity index (χ1) is 12.3. The summed E-state index contributed by atoms with van der Waals surface area (Å²) >= 11 is 6.23. The Bertz CT molecular complexity index is 871. The van der Waals surface area contributed by atoms with Crippen LogP contribution in [0.5, 0.6) is 0 Å². The summed E-state index contributed by atoms with van der Waals surface area (Å²) in [5, 5.41) is 19.8. The summed E-state index contributed by atoms with van der Waals surface area (Å²) < 4.78 is 0. The molecular formula is C19H16ClNO5. The third kappa shape index (κ3) is 3.15. The van der Waals surface area contributed by atoms with Gasteiger partial charge < -0.3 is 10.2 Å². The predicted molar refractivity (Wildman–Crippen MR) is 95.1 cm³/mol. The highest BCUT2D eigenvalue weighted by Gasteiger charge is 2.47. The highest BCUT2D eigenvalue weighted by atomic mass is 35.5. The van der Waals surface area contributed by atoms with Crippen LogP contribution >= 0.6 is 11.6 Å². The van der Waals surface area contributed by atoms with E-state index in [1.165, 1.54) is 18.2 Å². The highest BCUT2D eigenvalue weighted by molar-refractivity contribution is 6.37. The molecule has 1 aromatic rings. The summed E-state index contributed by atoms with van der Waals surface area (Å²) in [6.07, 6.45) is 3.41. The average molecular weight is 374 g/mol. The zero-order valence-corrected chi connectivity index (χ0v) is 14.4. The molecule has 2 aliphatic rings. The minimum absolute atomic E-state index is 0.0656. The Labute approximate surface area is 154 Å². The quantitative estimate of drug-likeness (QED) is 0.791. The van der Waals surface area contributed by atoms with Crippen molar-refractivity contribution in [3.63, 3.8) is 0 Å². The van der Waals surface area contributed by atoms with Crippen LogP contribution in [0.3, 0.4) is 0 Å². The number of benzene rings is 1. The van der Waals surface area contributed by atoms with E-state index in [2.05, 4.69) is 0 Å². The molecule has 1 aliphatic heterocycles. The van der Waals surface area contributed by atoms with Crippen molar-refractivity contribution in [1.82, 2.24) is 4.90 Å². The van der Waals surface area contributed by atoms with E-state index >= 15 is 0 Å². The third-order valence-electron chi connectivity index (χ3n) is 4.43. The van der Waals surface area contributed by atoms with Gasteiger partial charge >= 0.3 is 5.97 Å². The number of carboxylic acid groups (broad SMARTS) is 1. The van der Waals surface area contributed by atoms with E-state index in [9.17, 15) is 24.6 Å². The summed E-state index contributed by atoms with van der Waals surface area (Å²) in [5.41, 5.74) is -0.594. The van der Waals surface area contributed by atoms with E-state index in [0.717, 1.165) is 4.90 Å². The summed E-state index contributed by atoms with van der Waals surface area (Å²) in [6.45, 7) is 0.0752. The van der Waals surface area contributed by atoms with Crippen molar-refractivity contribution < 1.29 is 24.6 Å². The minimum atomic E-state index is -1.60. The number of nitrogens with zero attached hydrogens (tertiary/aromatic N) is 1. The molecule has 0 bridgehead atoms. The summed E-state index contributed by atoms with van der Waals surface area (Å²) in [7, 11) is 0. The van der Waals surface area contributed by atoms with Gasteiger partial charge in [0.1, 0.15) is 5.76 Å². The number of carbonyl (C=O) groups excluding carboxylic acids is 2. The van der Waals surface area contributed by atoms with Crippen LogP contribution in [-0.2, 0) is 14.4 Å².